The van der Waals surface area contributed by atoms with Crippen LogP contribution in [0.2, 0.25) is 5.15 Å². The Labute approximate surface area is 205 Å². The number of amides is 2. The second-order valence-corrected chi connectivity index (χ2v) is 10.5. The van der Waals surface area contributed by atoms with Crippen molar-refractivity contribution in [1.82, 2.24) is 14.6 Å². The smallest absolute Gasteiger partial charge is 0.354 e. The predicted molar refractivity (Wildman–Crippen MR) is 125 cm³/mol. The Morgan fingerprint density at radius 1 is 1.11 bits per heavy atom. The number of alkyl halides is 3. The van der Waals surface area contributed by atoms with E-state index < -0.39 is 21.8 Å². The molecule has 0 spiro atoms. The summed E-state index contributed by atoms with van der Waals surface area (Å²) in [6, 6.07) is 6.02. The summed E-state index contributed by atoms with van der Waals surface area (Å²) in [4.78, 5) is 19.5. The van der Waals surface area contributed by atoms with Gasteiger partial charge in [-0.1, -0.05) is 11.6 Å². The molecule has 0 bridgehead atoms. The highest BCUT2D eigenvalue weighted by molar-refractivity contribution is 7.89. The van der Waals surface area contributed by atoms with E-state index in [0.717, 1.165) is 17.7 Å². The summed E-state index contributed by atoms with van der Waals surface area (Å²) in [5.41, 5.74) is 5.90. The molecule has 3 heterocycles. The first-order chi connectivity index (χ1) is 16.5. The van der Waals surface area contributed by atoms with Crippen LogP contribution in [-0.2, 0) is 22.6 Å². The fourth-order valence-electron chi connectivity index (χ4n) is 4.14. The number of anilines is 2. The molecule has 3 N–H and O–H groups in total. The fraction of sp³-hybridized carbons (Fsp3) is 0.429. The molecule has 0 saturated carbocycles. The van der Waals surface area contributed by atoms with Crippen LogP contribution in [0.3, 0.4) is 0 Å². The van der Waals surface area contributed by atoms with Crippen molar-refractivity contribution >= 4 is 39.2 Å². The van der Waals surface area contributed by atoms with Crippen LogP contribution < -0.4 is 20.9 Å². The van der Waals surface area contributed by atoms with E-state index in [2.05, 4.69) is 10.3 Å². The maximum atomic E-state index is 13.2. The molecule has 1 saturated heterocycles. The van der Waals surface area contributed by atoms with Crippen molar-refractivity contribution in [3.8, 4) is 0 Å². The molecule has 0 atom stereocenters. The zero-order valence-corrected chi connectivity index (χ0v) is 20.1. The largest absolute Gasteiger partial charge is 0.416 e. The Morgan fingerprint density at radius 3 is 2.49 bits per heavy atom. The number of benzene rings is 1. The van der Waals surface area contributed by atoms with Gasteiger partial charge >= 0.3 is 12.2 Å². The monoisotopic (exact) mass is 532 g/mol. The number of carbonyl (C=O) groups excluding carboxylic acids is 1. The highest BCUT2D eigenvalue weighted by atomic mass is 35.5. The van der Waals surface area contributed by atoms with Crippen molar-refractivity contribution < 1.29 is 26.4 Å². The molecule has 9 nitrogen and oxygen atoms in total. The lowest BCUT2D eigenvalue weighted by atomic mass is 10.2. The molecule has 4 rings (SSSR count). The molecule has 2 aromatic rings. The average molecular weight is 533 g/mol. The van der Waals surface area contributed by atoms with Gasteiger partial charge in [0, 0.05) is 51.5 Å². The normalized spacial score (nSPS) is 16.9. The molecule has 14 heteroatoms. The van der Waals surface area contributed by atoms with Gasteiger partial charge in [0.05, 0.1) is 10.5 Å². The number of hydrogen-bond donors (Lipinski definition) is 2. The topological polar surface area (TPSA) is 112 Å². The number of carbonyl (C=O) groups is 1. The highest BCUT2D eigenvalue weighted by Gasteiger charge is 2.34. The molecule has 1 aromatic heterocycles. The zero-order chi connectivity index (χ0) is 25.4. The second kappa shape index (κ2) is 9.80. The predicted octanol–water partition coefficient (Wildman–Crippen LogP) is 2.30. The van der Waals surface area contributed by atoms with Crippen LogP contribution in [-0.4, -0.2) is 69.6 Å². The number of hydrogen-bond acceptors (Lipinski definition) is 6. The maximum Gasteiger partial charge on any atom is 0.416 e. The van der Waals surface area contributed by atoms with Gasteiger partial charge in [0.15, 0.2) is 0 Å². The van der Waals surface area contributed by atoms with Crippen molar-refractivity contribution in [2.45, 2.75) is 17.5 Å². The number of aromatic nitrogens is 1. The first-order valence-corrected chi connectivity index (χ1v) is 12.7. The number of urea groups is 1. The molecule has 1 aromatic carbocycles. The number of piperazine rings is 1. The molecule has 0 aliphatic carbocycles. The molecule has 0 unspecified atom stereocenters. The van der Waals surface area contributed by atoms with E-state index in [1.807, 2.05) is 0 Å². The third kappa shape index (κ3) is 5.32. The number of nitrogens with one attached hydrogen (secondary N) is 1. The quantitative estimate of drug-likeness (QED) is 0.572. The minimum absolute atomic E-state index is 0.0485. The minimum Gasteiger partial charge on any atom is -0.354 e. The van der Waals surface area contributed by atoms with E-state index in [-0.39, 0.29) is 48.1 Å². The van der Waals surface area contributed by atoms with Gasteiger partial charge in [-0.25, -0.2) is 18.2 Å². The molecule has 2 aliphatic heterocycles. The summed E-state index contributed by atoms with van der Waals surface area (Å²) in [5.74, 6) is 0.0485. The number of nitrogens with two attached hydrogens (primary N) is 1. The van der Waals surface area contributed by atoms with Crippen LogP contribution in [0.15, 0.2) is 35.2 Å². The van der Waals surface area contributed by atoms with E-state index >= 15 is 0 Å². The van der Waals surface area contributed by atoms with Gasteiger partial charge in [-0.2, -0.15) is 17.5 Å². The number of rotatable bonds is 5. The summed E-state index contributed by atoms with van der Waals surface area (Å²) in [7, 11) is -3.84. The van der Waals surface area contributed by atoms with Gasteiger partial charge in [0.25, 0.3) is 0 Å². The second-order valence-electron chi connectivity index (χ2n) is 8.14. The lowest BCUT2D eigenvalue weighted by molar-refractivity contribution is -0.137. The Balaban J connectivity index is 1.46. The zero-order valence-electron chi connectivity index (χ0n) is 18.6. The van der Waals surface area contributed by atoms with Crippen LogP contribution in [0.4, 0.5) is 29.5 Å². The van der Waals surface area contributed by atoms with E-state index in [1.165, 1.54) is 10.4 Å². The molecular weight excluding hydrogens is 509 g/mol. The number of halogens is 4. The Hall–Kier alpha value is -2.61. The van der Waals surface area contributed by atoms with Gasteiger partial charge in [-0.15, -0.1) is 0 Å². The number of pyridine rings is 1. The first kappa shape index (κ1) is 25.5. The Kier molecular flexibility index (Phi) is 7.13. The van der Waals surface area contributed by atoms with E-state index in [4.69, 9.17) is 17.3 Å². The van der Waals surface area contributed by atoms with Gasteiger partial charge in [0.2, 0.25) is 10.0 Å². The number of sulfonamides is 1. The van der Waals surface area contributed by atoms with Gasteiger partial charge in [-0.05, 0) is 42.3 Å². The third-order valence-electron chi connectivity index (χ3n) is 5.92. The summed E-state index contributed by atoms with van der Waals surface area (Å²) >= 11 is 5.78. The van der Waals surface area contributed by atoms with Crippen LogP contribution in [0, 0.1) is 0 Å². The molecule has 1 fully saturated rings. The third-order valence-corrected chi connectivity index (χ3v) is 8.01. The van der Waals surface area contributed by atoms with E-state index in [1.54, 1.807) is 21.9 Å². The number of fused-ring (bicyclic) bond motifs is 1. The van der Waals surface area contributed by atoms with Crippen molar-refractivity contribution in [3.63, 3.8) is 0 Å². The van der Waals surface area contributed by atoms with Crippen molar-refractivity contribution in [1.29, 1.82) is 0 Å². The van der Waals surface area contributed by atoms with Gasteiger partial charge in [0.1, 0.15) is 11.0 Å². The summed E-state index contributed by atoms with van der Waals surface area (Å²) in [6.45, 7) is 1.54. The SMILES string of the molecule is NCCNC(=O)N1CCc2cc(S(=O)(=O)N3CCN(c4cc(C(F)(F)F)cc(Cl)n4)CC3)ccc21. The summed E-state index contributed by atoms with van der Waals surface area (Å²) in [5, 5.41) is 2.42. The first-order valence-electron chi connectivity index (χ1n) is 10.9. The van der Waals surface area contributed by atoms with E-state index in [0.29, 0.717) is 31.7 Å². The van der Waals surface area contributed by atoms with Crippen molar-refractivity contribution in [3.05, 3.63) is 46.6 Å². The van der Waals surface area contributed by atoms with Crippen LogP contribution in [0.25, 0.3) is 0 Å². The van der Waals surface area contributed by atoms with Gasteiger partial charge < -0.3 is 16.0 Å². The van der Waals surface area contributed by atoms with Crippen molar-refractivity contribution in [2.75, 3.05) is 55.6 Å². The van der Waals surface area contributed by atoms with Crippen LogP contribution in [0.5, 0.6) is 0 Å². The number of nitrogens with zero attached hydrogens (tertiary/aromatic N) is 4. The standard InChI is InChI=1S/C21H24ClF3N6O3S/c22-18-12-15(21(23,24)25)13-19(28-18)29-7-9-30(10-8-29)35(33,34)16-1-2-17-14(11-16)3-6-31(17)20(32)27-5-4-26/h1-2,11-13H,3-10,26H2,(H,27,32). The Morgan fingerprint density at radius 2 is 1.83 bits per heavy atom. The molecule has 0 radical (unpaired) electrons. The molecular formula is C21H24ClF3N6O3S. The van der Waals surface area contributed by atoms with Crippen LogP contribution in [0.1, 0.15) is 11.1 Å². The van der Waals surface area contributed by atoms with Crippen molar-refractivity contribution in [2.24, 2.45) is 5.73 Å². The molecule has 2 amide bonds. The average Bonchev–Trinajstić information content (AvgIpc) is 3.25. The Bertz CT molecular complexity index is 1220. The van der Waals surface area contributed by atoms with E-state index in [9.17, 15) is 26.4 Å². The molecule has 35 heavy (non-hydrogen) atoms. The van der Waals surface area contributed by atoms with Crippen LogP contribution >= 0.6 is 11.6 Å². The summed E-state index contributed by atoms with van der Waals surface area (Å²) < 4.78 is 67.1. The fourth-order valence-corrected chi connectivity index (χ4v) is 5.82. The molecule has 190 valence electrons. The molecule has 2 aliphatic rings. The lowest BCUT2D eigenvalue weighted by Gasteiger charge is -2.35. The minimum atomic E-state index is -4.57. The maximum absolute atomic E-state index is 13.2. The lowest BCUT2D eigenvalue weighted by Crippen LogP contribution is -2.49. The van der Waals surface area contributed by atoms with Gasteiger partial charge in [-0.3, -0.25) is 4.90 Å². The highest BCUT2D eigenvalue weighted by Crippen LogP contribution is 2.34. The summed E-state index contributed by atoms with van der Waals surface area (Å²) in [6.07, 6.45) is -4.05.